The average Bonchev–Trinajstić information content (AvgIpc) is 2.74. The zero-order chi connectivity index (χ0) is 22.9. The van der Waals surface area contributed by atoms with Gasteiger partial charge in [-0.25, -0.2) is 4.79 Å². The van der Waals surface area contributed by atoms with E-state index in [1.54, 1.807) is 16.8 Å². The van der Waals surface area contributed by atoms with Crippen LogP contribution in [-0.2, 0) is 9.59 Å². The molecule has 1 aromatic rings. The molecule has 2 aliphatic rings. The first-order valence-electron chi connectivity index (χ1n) is 10.7. The first-order chi connectivity index (χ1) is 14.7. The first-order valence-corrected chi connectivity index (χ1v) is 11.8. The van der Waals surface area contributed by atoms with E-state index in [9.17, 15) is 14.4 Å². The molecule has 0 saturated carbocycles. The number of carbonyl (C=O) groups is 3. The molecule has 1 aromatic carbocycles. The number of carbonyl (C=O) groups excluding carboxylic acids is 3. The van der Waals surface area contributed by atoms with Crippen LogP contribution in [0.2, 0.25) is 0 Å². The molecule has 4 amide bonds. The van der Waals surface area contributed by atoms with Crippen LogP contribution in [-0.4, -0.2) is 77.0 Å². The van der Waals surface area contributed by atoms with E-state index >= 15 is 0 Å². The molecule has 8 nitrogen and oxygen atoms in total. The number of amides is 4. The number of fused-ring (bicyclic) bond motifs is 1. The Morgan fingerprint density at radius 2 is 1.68 bits per heavy atom. The number of hydrogen-bond acceptors (Lipinski definition) is 6. The third kappa shape index (κ3) is 4.73. The van der Waals surface area contributed by atoms with Gasteiger partial charge in [-0.2, -0.15) is 0 Å². The molecule has 2 fully saturated rings. The van der Waals surface area contributed by atoms with E-state index in [1.165, 1.54) is 23.7 Å². The normalized spacial score (nSPS) is 26.1. The highest BCUT2D eigenvalue weighted by Gasteiger charge is 2.51. The van der Waals surface area contributed by atoms with Gasteiger partial charge in [-0.1, -0.05) is 29.3 Å². The third-order valence-corrected chi connectivity index (χ3v) is 7.24. The lowest BCUT2D eigenvalue weighted by molar-refractivity contribution is -0.140. The fourth-order valence-corrected chi connectivity index (χ4v) is 5.61. The Balaban J connectivity index is 1.90. The fraction of sp³-hybridized carbons (Fsp3) is 0.591. The minimum absolute atomic E-state index is 0.0517. The molecule has 0 bridgehead atoms. The van der Waals surface area contributed by atoms with Gasteiger partial charge in [-0.3, -0.25) is 25.1 Å². The molecule has 0 aliphatic carbocycles. The smallest absolute Gasteiger partial charge is 0.327 e. The molecule has 4 atom stereocenters. The van der Waals surface area contributed by atoms with Crippen LogP contribution in [0.3, 0.4) is 0 Å². The second-order valence-electron chi connectivity index (χ2n) is 8.25. The predicted octanol–water partition coefficient (Wildman–Crippen LogP) is 1.89. The van der Waals surface area contributed by atoms with E-state index in [1.807, 2.05) is 27.7 Å². The maximum atomic E-state index is 13.1. The van der Waals surface area contributed by atoms with Crippen LogP contribution in [0.5, 0.6) is 0 Å². The van der Waals surface area contributed by atoms with Gasteiger partial charge in [0, 0.05) is 27.2 Å². The lowest BCUT2D eigenvalue weighted by Gasteiger charge is -2.50. The monoisotopic (exact) mass is 447 g/mol. The summed E-state index contributed by atoms with van der Waals surface area (Å²) in [5.41, 5.74) is 3.33. The average molecular weight is 448 g/mol. The van der Waals surface area contributed by atoms with Crippen molar-refractivity contribution >= 4 is 29.6 Å². The van der Waals surface area contributed by atoms with Crippen molar-refractivity contribution in [2.75, 3.05) is 32.9 Å². The minimum Gasteiger partial charge on any atom is -0.343 e. The van der Waals surface area contributed by atoms with Crippen molar-refractivity contribution < 1.29 is 14.4 Å². The lowest BCUT2D eigenvalue weighted by atomic mass is 9.95. The van der Waals surface area contributed by atoms with Crippen LogP contribution in [0.25, 0.3) is 0 Å². The minimum atomic E-state index is -0.496. The Morgan fingerprint density at radius 3 is 2.26 bits per heavy atom. The van der Waals surface area contributed by atoms with Crippen molar-refractivity contribution in [1.29, 1.82) is 0 Å². The van der Waals surface area contributed by atoms with Gasteiger partial charge in [0.15, 0.2) is 0 Å². The molecule has 0 aromatic heterocycles. The predicted molar refractivity (Wildman–Crippen MR) is 122 cm³/mol. The zero-order valence-electron chi connectivity index (χ0n) is 19.1. The van der Waals surface area contributed by atoms with Crippen molar-refractivity contribution in [3.05, 3.63) is 34.9 Å². The zero-order valence-corrected chi connectivity index (χ0v) is 20.0. The van der Waals surface area contributed by atoms with Crippen LogP contribution in [0.15, 0.2) is 18.2 Å². The largest absolute Gasteiger partial charge is 0.343 e. The highest BCUT2D eigenvalue weighted by molar-refractivity contribution is 8.00. The molecular weight excluding hydrogens is 414 g/mol. The number of benzene rings is 1. The first kappa shape index (κ1) is 23.6. The number of imide groups is 1. The summed E-state index contributed by atoms with van der Waals surface area (Å²) in [6, 6.07) is 5.97. The number of rotatable bonds is 6. The van der Waals surface area contributed by atoms with Crippen molar-refractivity contribution in [1.82, 2.24) is 25.3 Å². The van der Waals surface area contributed by atoms with Gasteiger partial charge in [0.25, 0.3) is 0 Å². The van der Waals surface area contributed by atoms with Crippen LogP contribution in [0.4, 0.5) is 4.79 Å². The summed E-state index contributed by atoms with van der Waals surface area (Å²) >= 11 is 1.44. The van der Waals surface area contributed by atoms with Gasteiger partial charge in [0.1, 0.15) is 0 Å². The molecular formula is C22H33N5O3S. The topological polar surface area (TPSA) is 85.0 Å². The molecule has 2 aliphatic heterocycles. The highest BCUT2D eigenvalue weighted by atomic mass is 32.2. The molecule has 0 spiro atoms. The molecule has 4 unspecified atom stereocenters. The number of hydrogen-bond donors (Lipinski definition) is 2. The second-order valence-corrected chi connectivity index (χ2v) is 9.38. The number of thioether (sulfide) groups is 1. The van der Waals surface area contributed by atoms with Crippen molar-refractivity contribution in [3.8, 4) is 0 Å². The maximum absolute atomic E-state index is 13.1. The summed E-state index contributed by atoms with van der Waals surface area (Å²) in [6.07, 6.45) is -0.698. The van der Waals surface area contributed by atoms with Crippen molar-refractivity contribution in [2.24, 2.45) is 5.92 Å². The van der Waals surface area contributed by atoms with E-state index in [0.29, 0.717) is 13.1 Å². The maximum Gasteiger partial charge on any atom is 0.327 e. The molecule has 2 saturated heterocycles. The van der Waals surface area contributed by atoms with Gasteiger partial charge >= 0.3 is 6.03 Å². The molecule has 31 heavy (non-hydrogen) atoms. The number of nitrogens with one attached hydrogen (secondary N) is 2. The number of aryl methyl sites for hydroxylation is 2. The fourth-order valence-electron chi connectivity index (χ4n) is 4.40. The van der Waals surface area contributed by atoms with Gasteiger partial charge < -0.3 is 9.80 Å². The molecule has 9 heteroatoms. The quantitative estimate of drug-likeness (QED) is 0.693. The SMILES string of the molecule is CCN(CC)C(=O)CSC1NC(c2cc(C)cc(C)c2)NC2C1C(=O)N(C)C(=O)N2C. The Kier molecular flexibility index (Phi) is 7.28. The molecule has 2 N–H and O–H groups in total. The summed E-state index contributed by atoms with van der Waals surface area (Å²) in [6.45, 7) is 9.33. The standard InChI is InChI=1S/C22H33N5O3S/c1-7-27(8-2)16(28)12-31-20-17-19(25(5)22(30)26(6)21(17)29)23-18(24-20)15-10-13(3)9-14(4)11-15/h9-11,17-20,23-24H,7-8,12H2,1-6H3. The van der Waals surface area contributed by atoms with E-state index in [-0.39, 0.29) is 35.1 Å². The molecule has 2 heterocycles. The van der Waals surface area contributed by atoms with Gasteiger partial charge in [-0.05, 0) is 33.3 Å². The molecule has 170 valence electrons. The van der Waals surface area contributed by atoms with Gasteiger partial charge in [0.05, 0.1) is 29.4 Å². The van der Waals surface area contributed by atoms with E-state index in [0.717, 1.165) is 16.7 Å². The summed E-state index contributed by atoms with van der Waals surface area (Å²) in [5, 5.41) is 6.68. The van der Waals surface area contributed by atoms with E-state index in [2.05, 4.69) is 28.8 Å². The molecule has 3 rings (SSSR count). The Hall–Kier alpha value is -2.10. The van der Waals surface area contributed by atoms with Crippen molar-refractivity contribution in [2.45, 2.75) is 45.4 Å². The lowest BCUT2D eigenvalue weighted by Crippen LogP contribution is -2.72. The summed E-state index contributed by atoms with van der Waals surface area (Å²) in [5.74, 6) is -0.406. The van der Waals surface area contributed by atoms with Crippen LogP contribution in [0, 0.1) is 19.8 Å². The highest BCUT2D eigenvalue weighted by Crippen LogP contribution is 2.34. The van der Waals surface area contributed by atoms with E-state index in [4.69, 9.17) is 0 Å². The van der Waals surface area contributed by atoms with Gasteiger partial charge in [-0.15, -0.1) is 11.8 Å². The summed E-state index contributed by atoms with van der Waals surface area (Å²) in [7, 11) is 3.22. The Bertz CT molecular complexity index is 839. The van der Waals surface area contributed by atoms with Crippen molar-refractivity contribution in [3.63, 3.8) is 0 Å². The Labute approximate surface area is 188 Å². The number of nitrogens with zero attached hydrogens (tertiary/aromatic N) is 3. The van der Waals surface area contributed by atoms with Crippen LogP contribution >= 0.6 is 11.8 Å². The number of urea groups is 1. The summed E-state index contributed by atoms with van der Waals surface area (Å²) in [4.78, 5) is 42.8. The second kappa shape index (κ2) is 9.58. The van der Waals surface area contributed by atoms with Crippen LogP contribution in [0.1, 0.15) is 36.7 Å². The van der Waals surface area contributed by atoms with Gasteiger partial charge in [0.2, 0.25) is 11.8 Å². The summed E-state index contributed by atoms with van der Waals surface area (Å²) < 4.78 is 0. The third-order valence-electron chi connectivity index (χ3n) is 6.04. The molecule has 0 radical (unpaired) electrons. The van der Waals surface area contributed by atoms with E-state index < -0.39 is 12.1 Å². The van der Waals surface area contributed by atoms with Crippen LogP contribution < -0.4 is 10.6 Å². The Morgan fingerprint density at radius 1 is 1.06 bits per heavy atom.